The van der Waals surface area contributed by atoms with Crippen LogP contribution < -0.4 is 11.1 Å². The molecule has 108 valence electrons. The Morgan fingerprint density at radius 3 is 2.50 bits per heavy atom. The number of nitrogen functional groups attached to an aromatic ring is 1. The molecule has 0 saturated carbocycles. The smallest absolute Gasteiger partial charge is 0.138 e. The molecule has 0 spiro atoms. The first kappa shape index (κ1) is 14.8. The van der Waals surface area contributed by atoms with E-state index >= 15 is 0 Å². The van der Waals surface area contributed by atoms with E-state index in [9.17, 15) is 0 Å². The van der Waals surface area contributed by atoms with Crippen molar-refractivity contribution in [2.24, 2.45) is 0 Å². The first-order valence-corrected chi connectivity index (χ1v) is 7.58. The first-order chi connectivity index (χ1) is 9.29. The predicted octanol–water partition coefficient (Wildman–Crippen LogP) is 3.65. The predicted molar refractivity (Wildman–Crippen MR) is 86.3 cm³/mol. The fraction of sp³-hybridized carbons (Fsp3) is 0.467. The summed E-state index contributed by atoms with van der Waals surface area (Å²) in [6, 6.07) is 2.13. The lowest BCUT2D eigenvalue weighted by Crippen LogP contribution is -2.19. The molecule has 0 bridgehead atoms. The van der Waals surface area contributed by atoms with Crippen molar-refractivity contribution in [2.45, 2.75) is 46.6 Å². The van der Waals surface area contributed by atoms with Crippen molar-refractivity contribution in [3.63, 3.8) is 0 Å². The number of aryl methyl sites for hydroxylation is 1. The van der Waals surface area contributed by atoms with Gasteiger partial charge in [-0.2, -0.15) is 0 Å². The Morgan fingerprint density at radius 2 is 1.95 bits per heavy atom. The summed E-state index contributed by atoms with van der Waals surface area (Å²) >= 11 is 1.75. The molecule has 0 amide bonds. The summed E-state index contributed by atoms with van der Waals surface area (Å²) in [6.07, 6.45) is 0. The van der Waals surface area contributed by atoms with Crippen molar-refractivity contribution in [2.75, 3.05) is 11.1 Å². The largest absolute Gasteiger partial charge is 0.383 e. The molecular formula is C15H22N4S. The highest BCUT2D eigenvalue weighted by Gasteiger charge is 2.20. The Balaban J connectivity index is 2.27. The molecule has 0 aliphatic rings. The highest BCUT2D eigenvalue weighted by molar-refractivity contribution is 7.10. The van der Waals surface area contributed by atoms with E-state index in [1.54, 1.807) is 11.3 Å². The Bertz CT molecular complexity index is 611. The number of hydrogen-bond acceptors (Lipinski definition) is 5. The van der Waals surface area contributed by atoms with E-state index in [2.05, 4.69) is 54.4 Å². The van der Waals surface area contributed by atoms with E-state index in [4.69, 9.17) is 5.73 Å². The second kappa shape index (κ2) is 5.40. The maximum absolute atomic E-state index is 6.01. The summed E-state index contributed by atoms with van der Waals surface area (Å²) in [5, 5.41) is 5.49. The molecule has 0 saturated heterocycles. The monoisotopic (exact) mass is 290 g/mol. The van der Waals surface area contributed by atoms with Crippen LogP contribution in [0.25, 0.3) is 0 Å². The van der Waals surface area contributed by atoms with Crippen LogP contribution >= 0.6 is 11.3 Å². The molecule has 0 aliphatic heterocycles. The highest BCUT2D eigenvalue weighted by atomic mass is 32.1. The van der Waals surface area contributed by atoms with Crippen molar-refractivity contribution in [3.8, 4) is 0 Å². The van der Waals surface area contributed by atoms with Crippen molar-refractivity contribution < 1.29 is 0 Å². The van der Waals surface area contributed by atoms with Gasteiger partial charge in [-0.15, -0.1) is 11.3 Å². The van der Waals surface area contributed by atoms with Gasteiger partial charge in [0.25, 0.3) is 0 Å². The van der Waals surface area contributed by atoms with Crippen molar-refractivity contribution in [1.82, 2.24) is 9.97 Å². The molecule has 2 rings (SSSR count). The molecule has 4 nitrogen and oxygen atoms in total. The average molecular weight is 290 g/mol. The van der Waals surface area contributed by atoms with Crippen LogP contribution in [0.2, 0.25) is 0 Å². The van der Waals surface area contributed by atoms with E-state index < -0.39 is 0 Å². The Kier molecular flexibility index (Phi) is 3.99. The lowest BCUT2D eigenvalue weighted by molar-refractivity contribution is 0.546. The minimum absolute atomic E-state index is 0.114. The third-order valence-electron chi connectivity index (χ3n) is 3.24. The number of nitrogens with zero attached hydrogens (tertiary/aromatic N) is 2. The summed E-state index contributed by atoms with van der Waals surface area (Å²) in [4.78, 5) is 10.4. The number of rotatable bonds is 3. The summed E-state index contributed by atoms with van der Waals surface area (Å²) in [5.41, 5.74) is 8.11. The summed E-state index contributed by atoms with van der Waals surface area (Å²) in [5.74, 6) is 2.15. The molecule has 5 heteroatoms. The third kappa shape index (κ3) is 3.10. The van der Waals surface area contributed by atoms with Gasteiger partial charge in [0.2, 0.25) is 0 Å². The number of thiophene rings is 1. The molecule has 0 radical (unpaired) electrons. The molecule has 2 aromatic heterocycles. The molecule has 2 aromatic rings. The van der Waals surface area contributed by atoms with Crippen LogP contribution in [0, 0.1) is 13.8 Å². The molecule has 0 atom stereocenters. The van der Waals surface area contributed by atoms with E-state index in [-0.39, 0.29) is 5.41 Å². The zero-order chi connectivity index (χ0) is 14.9. The van der Waals surface area contributed by atoms with Gasteiger partial charge in [0.05, 0.1) is 6.54 Å². The standard InChI is InChI=1S/C15H22N4S/c1-9-6-7-20-11(9)8-17-13-10(2)12(16)18-14(19-13)15(3,4)5/h6-7H,8H2,1-5H3,(H3,16,17,18,19). The van der Waals surface area contributed by atoms with Gasteiger partial charge in [-0.05, 0) is 30.9 Å². The second-order valence-corrected chi connectivity index (χ2v) is 7.04. The maximum atomic E-state index is 6.01. The molecule has 0 aliphatic carbocycles. The molecular weight excluding hydrogens is 268 g/mol. The number of aromatic nitrogens is 2. The molecule has 0 aromatic carbocycles. The van der Waals surface area contributed by atoms with Gasteiger partial charge in [-0.1, -0.05) is 20.8 Å². The fourth-order valence-corrected chi connectivity index (χ4v) is 2.64. The van der Waals surface area contributed by atoms with Crippen molar-refractivity contribution in [3.05, 3.63) is 33.3 Å². The summed E-state index contributed by atoms with van der Waals surface area (Å²) in [6.45, 7) is 11.1. The molecule has 2 heterocycles. The average Bonchev–Trinajstić information content (AvgIpc) is 2.75. The van der Waals surface area contributed by atoms with Gasteiger partial charge in [0.15, 0.2) is 0 Å². The summed E-state index contributed by atoms with van der Waals surface area (Å²) < 4.78 is 0. The topological polar surface area (TPSA) is 63.8 Å². The van der Waals surface area contributed by atoms with Gasteiger partial charge in [0, 0.05) is 15.9 Å². The minimum Gasteiger partial charge on any atom is -0.383 e. The first-order valence-electron chi connectivity index (χ1n) is 6.70. The maximum Gasteiger partial charge on any atom is 0.138 e. The third-order valence-corrected chi connectivity index (χ3v) is 4.26. The zero-order valence-corrected chi connectivity index (χ0v) is 13.6. The van der Waals surface area contributed by atoms with Crippen LogP contribution in [0.15, 0.2) is 11.4 Å². The molecule has 0 unspecified atom stereocenters. The van der Waals surface area contributed by atoms with Crippen LogP contribution in [-0.4, -0.2) is 9.97 Å². The Hall–Kier alpha value is -1.62. The van der Waals surface area contributed by atoms with Crippen molar-refractivity contribution in [1.29, 1.82) is 0 Å². The van der Waals surface area contributed by atoms with E-state index in [1.165, 1.54) is 10.4 Å². The fourth-order valence-electron chi connectivity index (χ4n) is 1.79. The normalized spacial score (nSPS) is 11.7. The molecule has 0 fully saturated rings. The van der Waals surface area contributed by atoms with Crippen molar-refractivity contribution >= 4 is 23.0 Å². The van der Waals surface area contributed by atoms with Gasteiger partial charge < -0.3 is 11.1 Å². The zero-order valence-electron chi connectivity index (χ0n) is 12.7. The van der Waals surface area contributed by atoms with Crippen LogP contribution in [-0.2, 0) is 12.0 Å². The Labute approximate surface area is 124 Å². The van der Waals surface area contributed by atoms with Crippen LogP contribution in [0.5, 0.6) is 0 Å². The van der Waals surface area contributed by atoms with Gasteiger partial charge in [-0.3, -0.25) is 0 Å². The van der Waals surface area contributed by atoms with Crippen LogP contribution in [0.3, 0.4) is 0 Å². The lowest BCUT2D eigenvalue weighted by atomic mass is 9.95. The van der Waals surface area contributed by atoms with E-state index in [0.29, 0.717) is 5.82 Å². The number of hydrogen-bond donors (Lipinski definition) is 2. The van der Waals surface area contributed by atoms with E-state index in [0.717, 1.165) is 23.8 Å². The van der Waals surface area contributed by atoms with Crippen LogP contribution in [0.1, 0.15) is 42.6 Å². The number of anilines is 2. The van der Waals surface area contributed by atoms with Crippen LogP contribution in [0.4, 0.5) is 11.6 Å². The number of nitrogens with two attached hydrogens (primary N) is 1. The Morgan fingerprint density at radius 1 is 1.25 bits per heavy atom. The quantitative estimate of drug-likeness (QED) is 0.905. The lowest BCUT2D eigenvalue weighted by Gasteiger charge is -2.19. The second-order valence-electron chi connectivity index (χ2n) is 6.04. The van der Waals surface area contributed by atoms with Gasteiger partial charge >= 0.3 is 0 Å². The van der Waals surface area contributed by atoms with Gasteiger partial charge in [-0.25, -0.2) is 9.97 Å². The number of nitrogens with one attached hydrogen (secondary N) is 1. The highest BCUT2D eigenvalue weighted by Crippen LogP contribution is 2.25. The summed E-state index contributed by atoms with van der Waals surface area (Å²) in [7, 11) is 0. The SMILES string of the molecule is Cc1ccsc1CNc1nc(C(C)(C)C)nc(N)c1C. The molecule has 3 N–H and O–H groups in total. The van der Waals surface area contributed by atoms with Gasteiger partial charge in [0.1, 0.15) is 17.5 Å². The minimum atomic E-state index is -0.114. The molecule has 20 heavy (non-hydrogen) atoms. The van der Waals surface area contributed by atoms with E-state index in [1.807, 2.05) is 6.92 Å².